The first-order valence-corrected chi connectivity index (χ1v) is 5.38. The van der Waals surface area contributed by atoms with Gasteiger partial charge in [-0.15, -0.1) is 0 Å². The topological polar surface area (TPSA) is 71.9 Å². The monoisotopic (exact) mass is 241 g/mol. The summed E-state index contributed by atoms with van der Waals surface area (Å²) in [6, 6.07) is 10.3. The summed E-state index contributed by atoms with van der Waals surface area (Å²) in [7, 11) is 0. The molecule has 0 saturated carbocycles. The van der Waals surface area contributed by atoms with Gasteiger partial charge < -0.3 is 4.57 Å². The van der Waals surface area contributed by atoms with Crippen LogP contribution in [0.25, 0.3) is 5.69 Å². The van der Waals surface area contributed by atoms with Gasteiger partial charge in [-0.2, -0.15) is 5.26 Å². The van der Waals surface area contributed by atoms with Crippen molar-refractivity contribution in [2.24, 2.45) is 0 Å². The maximum Gasteiger partial charge on any atom is 0.271 e. The number of nitro benzene ring substituents is 1. The summed E-state index contributed by atoms with van der Waals surface area (Å²) in [6.45, 7) is 3.69. The number of aromatic nitrogens is 1. The number of non-ortho nitro benzene ring substituents is 1. The molecular weight excluding hydrogens is 230 g/mol. The molecule has 1 aromatic carbocycles. The number of nitrogens with zero attached hydrogens (tertiary/aromatic N) is 3. The minimum absolute atomic E-state index is 0.0403. The van der Waals surface area contributed by atoms with E-state index in [2.05, 4.69) is 6.07 Å². The molecular formula is C13H11N3O2. The van der Waals surface area contributed by atoms with Gasteiger partial charge in [0.05, 0.1) is 16.2 Å². The molecule has 1 heterocycles. The van der Waals surface area contributed by atoms with Crippen LogP contribution in [0.1, 0.15) is 17.0 Å². The van der Waals surface area contributed by atoms with Crippen molar-refractivity contribution in [2.45, 2.75) is 13.8 Å². The number of benzene rings is 1. The third-order valence-electron chi connectivity index (χ3n) is 2.85. The van der Waals surface area contributed by atoms with E-state index < -0.39 is 4.92 Å². The Hall–Kier alpha value is -2.61. The zero-order valence-electron chi connectivity index (χ0n) is 10.0. The van der Waals surface area contributed by atoms with E-state index in [0.29, 0.717) is 11.3 Å². The highest BCUT2D eigenvalue weighted by Gasteiger charge is 2.12. The van der Waals surface area contributed by atoms with Gasteiger partial charge in [0.25, 0.3) is 5.69 Å². The molecule has 18 heavy (non-hydrogen) atoms. The lowest BCUT2D eigenvalue weighted by Crippen LogP contribution is -2.00. The van der Waals surface area contributed by atoms with Crippen molar-refractivity contribution >= 4 is 5.69 Å². The first kappa shape index (κ1) is 11.9. The van der Waals surface area contributed by atoms with Gasteiger partial charge in [0.2, 0.25) is 0 Å². The molecule has 0 N–H and O–H groups in total. The summed E-state index contributed by atoms with van der Waals surface area (Å²) in [6.07, 6.45) is 0. The molecule has 0 atom stereocenters. The van der Waals surface area contributed by atoms with Gasteiger partial charge in [0.1, 0.15) is 6.07 Å². The zero-order chi connectivity index (χ0) is 13.3. The zero-order valence-corrected chi connectivity index (χ0v) is 10.0. The van der Waals surface area contributed by atoms with Gasteiger partial charge in [-0.1, -0.05) is 6.07 Å². The van der Waals surface area contributed by atoms with Crippen LogP contribution in [0.3, 0.4) is 0 Å². The van der Waals surface area contributed by atoms with Crippen LogP contribution in [-0.2, 0) is 0 Å². The van der Waals surface area contributed by atoms with E-state index >= 15 is 0 Å². The van der Waals surface area contributed by atoms with Gasteiger partial charge in [0.15, 0.2) is 0 Å². The first-order chi connectivity index (χ1) is 8.54. The van der Waals surface area contributed by atoms with Crippen LogP contribution in [0.4, 0.5) is 5.69 Å². The Morgan fingerprint density at radius 2 is 2.06 bits per heavy atom. The van der Waals surface area contributed by atoms with Crippen LogP contribution >= 0.6 is 0 Å². The lowest BCUT2D eigenvalue weighted by Gasteiger charge is -2.08. The molecule has 0 aliphatic rings. The molecule has 0 saturated heterocycles. The van der Waals surface area contributed by atoms with Crippen LogP contribution in [-0.4, -0.2) is 9.49 Å². The Morgan fingerprint density at radius 3 is 2.61 bits per heavy atom. The fourth-order valence-corrected chi connectivity index (χ4v) is 2.02. The molecule has 0 amide bonds. The SMILES string of the molecule is Cc1cc(C#N)c(C)n1-c1cccc([N+](=O)[O-])c1. The van der Waals surface area contributed by atoms with Crippen molar-refractivity contribution in [3.8, 4) is 11.8 Å². The van der Waals surface area contributed by atoms with Gasteiger partial charge in [-0.3, -0.25) is 10.1 Å². The van der Waals surface area contributed by atoms with Gasteiger partial charge in [0, 0.05) is 23.5 Å². The average molecular weight is 241 g/mol. The Labute approximate surface area is 104 Å². The summed E-state index contributed by atoms with van der Waals surface area (Å²) in [5.41, 5.74) is 2.98. The lowest BCUT2D eigenvalue weighted by molar-refractivity contribution is -0.384. The van der Waals surface area contributed by atoms with Crippen molar-refractivity contribution < 1.29 is 4.92 Å². The maximum absolute atomic E-state index is 10.8. The van der Waals surface area contributed by atoms with E-state index in [1.807, 2.05) is 18.4 Å². The molecule has 0 aliphatic heterocycles. The highest BCUT2D eigenvalue weighted by Crippen LogP contribution is 2.23. The molecule has 1 aromatic heterocycles. The second-order valence-electron chi connectivity index (χ2n) is 4.01. The third-order valence-corrected chi connectivity index (χ3v) is 2.85. The van der Waals surface area contributed by atoms with Crippen LogP contribution < -0.4 is 0 Å². The highest BCUT2D eigenvalue weighted by molar-refractivity contribution is 5.49. The summed E-state index contributed by atoms with van der Waals surface area (Å²) < 4.78 is 1.84. The predicted molar refractivity (Wildman–Crippen MR) is 66.6 cm³/mol. The normalized spacial score (nSPS) is 10.1. The van der Waals surface area contributed by atoms with E-state index in [1.165, 1.54) is 12.1 Å². The number of aryl methyl sites for hydroxylation is 1. The fraction of sp³-hybridized carbons (Fsp3) is 0.154. The minimum atomic E-state index is -0.428. The number of rotatable bonds is 2. The van der Waals surface area contributed by atoms with E-state index in [4.69, 9.17) is 5.26 Å². The number of hydrogen-bond donors (Lipinski definition) is 0. The molecule has 0 spiro atoms. The maximum atomic E-state index is 10.8. The smallest absolute Gasteiger partial charge is 0.271 e. The Balaban J connectivity index is 2.63. The standard InChI is InChI=1S/C13H11N3O2/c1-9-6-11(8-14)10(2)15(9)12-4-3-5-13(7-12)16(17)18/h3-7H,1-2H3. The summed E-state index contributed by atoms with van der Waals surface area (Å²) >= 11 is 0. The summed E-state index contributed by atoms with van der Waals surface area (Å²) in [5.74, 6) is 0. The molecule has 2 aromatic rings. The van der Waals surface area contributed by atoms with E-state index in [0.717, 1.165) is 11.4 Å². The fourth-order valence-electron chi connectivity index (χ4n) is 2.02. The molecule has 90 valence electrons. The summed E-state index contributed by atoms with van der Waals surface area (Å²) in [5, 5.41) is 19.7. The molecule has 0 radical (unpaired) electrons. The number of nitriles is 1. The molecule has 0 bridgehead atoms. The molecule has 0 aliphatic carbocycles. The predicted octanol–water partition coefficient (Wildman–Crippen LogP) is 2.87. The van der Waals surface area contributed by atoms with Crippen molar-refractivity contribution in [3.05, 3.63) is 57.4 Å². The van der Waals surface area contributed by atoms with Crippen molar-refractivity contribution in [1.29, 1.82) is 5.26 Å². The minimum Gasteiger partial charge on any atom is -0.317 e. The lowest BCUT2D eigenvalue weighted by atomic mass is 10.2. The second-order valence-corrected chi connectivity index (χ2v) is 4.01. The molecule has 5 nitrogen and oxygen atoms in total. The summed E-state index contributed by atoms with van der Waals surface area (Å²) in [4.78, 5) is 10.3. The van der Waals surface area contributed by atoms with Gasteiger partial charge >= 0.3 is 0 Å². The Morgan fingerprint density at radius 1 is 1.33 bits per heavy atom. The van der Waals surface area contributed by atoms with Crippen molar-refractivity contribution in [1.82, 2.24) is 4.57 Å². The van der Waals surface area contributed by atoms with E-state index in [-0.39, 0.29) is 5.69 Å². The highest BCUT2D eigenvalue weighted by atomic mass is 16.6. The molecule has 0 unspecified atom stereocenters. The second kappa shape index (κ2) is 4.34. The van der Waals surface area contributed by atoms with Crippen LogP contribution in [0, 0.1) is 35.3 Å². The Kier molecular flexibility index (Phi) is 2.86. The van der Waals surface area contributed by atoms with Gasteiger partial charge in [-0.25, -0.2) is 0 Å². The van der Waals surface area contributed by atoms with Crippen LogP contribution in [0.5, 0.6) is 0 Å². The average Bonchev–Trinajstić information content (AvgIpc) is 2.64. The molecule has 5 heteroatoms. The first-order valence-electron chi connectivity index (χ1n) is 5.38. The van der Waals surface area contributed by atoms with Crippen molar-refractivity contribution in [2.75, 3.05) is 0 Å². The van der Waals surface area contributed by atoms with Gasteiger partial charge in [-0.05, 0) is 26.0 Å². The van der Waals surface area contributed by atoms with Crippen LogP contribution in [0.15, 0.2) is 30.3 Å². The molecule has 2 rings (SSSR count). The number of nitro groups is 1. The molecule has 0 fully saturated rings. The quantitative estimate of drug-likeness (QED) is 0.599. The number of hydrogen-bond acceptors (Lipinski definition) is 3. The third kappa shape index (κ3) is 1.84. The van der Waals surface area contributed by atoms with Crippen LogP contribution in [0.2, 0.25) is 0 Å². The van der Waals surface area contributed by atoms with E-state index in [9.17, 15) is 10.1 Å². The van der Waals surface area contributed by atoms with E-state index in [1.54, 1.807) is 18.2 Å². The largest absolute Gasteiger partial charge is 0.317 e. The Bertz CT molecular complexity index is 665. The van der Waals surface area contributed by atoms with Crippen molar-refractivity contribution in [3.63, 3.8) is 0 Å².